The summed E-state index contributed by atoms with van der Waals surface area (Å²) in [4.78, 5) is 0. The molecule has 0 aromatic heterocycles. The van der Waals surface area contributed by atoms with E-state index in [1.54, 1.807) is 12.1 Å². The minimum atomic E-state index is -0.197. The van der Waals surface area contributed by atoms with E-state index in [2.05, 4.69) is 26.1 Å². The number of halogens is 2. The molecule has 0 aliphatic heterocycles. The number of nitrogens with one attached hydrogen (secondary N) is 1. The van der Waals surface area contributed by atoms with E-state index in [1.807, 2.05) is 0 Å². The highest BCUT2D eigenvalue weighted by molar-refractivity contribution is 6.31. The zero-order chi connectivity index (χ0) is 14.8. The molecule has 20 heavy (non-hydrogen) atoms. The summed E-state index contributed by atoms with van der Waals surface area (Å²) in [6, 6.07) is 4.68. The summed E-state index contributed by atoms with van der Waals surface area (Å²) in [6.45, 7) is 8.73. The minimum Gasteiger partial charge on any atom is -0.316 e. The molecule has 1 fully saturated rings. The van der Waals surface area contributed by atoms with E-state index >= 15 is 0 Å². The molecule has 0 heterocycles. The fourth-order valence-corrected chi connectivity index (χ4v) is 3.08. The van der Waals surface area contributed by atoms with Crippen LogP contribution < -0.4 is 5.32 Å². The topological polar surface area (TPSA) is 12.0 Å². The zero-order valence-corrected chi connectivity index (χ0v) is 13.4. The van der Waals surface area contributed by atoms with Gasteiger partial charge in [0.05, 0.1) is 0 Å². The summed E-state index contributed by atoms with van der Waals surface area (Å²) >= 11 is 6.22. The summed E-state index contributed by atoms with van der Waals surface area (Å²) in [6.07, 6.45) is 3.42. The Morgan fingerprint density at radius 2 is 2.10 bits per heavy atom. The van der Waals surface area contributed by atoms with Crippen molar-refractivity contribution in [2.45, 2.75) is 40.0 Å². The number of rotatable bonds is 7. The van der Waals surface area contributed by atoms with Crippen molar-refractivity contribution >= 4 is 11.6 Å². The molecule has 112 valence electrons. The maximum Gasteiger partial charge on any atom is 0.123 e. The molecule has 1 nitrogen and oxygen atoms in total. The first-order valence-electron chi connectivity index (χ1n) is 7.55. The summed E-state index contributed by atoms with van der Waals surface area (Å²) in [5, 5.41) is 4.25. The average Bonchev–Trinajstić information content (AvgIpc) is 3.18. The van der Waals surface area contributed by atoms with Gasteiger partial charge in [-0.1, -0.05) is 32.4 Å². The van der Waals surface area contributed by atoms with Crippen molar-refractivity contribution in [3.8, 4) is 0 Å². The van der Waals surface area contributed by atoms with E-state index in [4.69, 9.17) is 11.6 Å². The molecule has 1 atom stereocenters. The Morgan fingerprint density at radius 3 is 2.70 bits per heavy atom. The van der Waals surface area contributed by atoms with Crippen LogP contribution in [0.25, 0.3) is 0 Å². The van der Waals surface area contributed by atoms with E-state index in [0.29, 0.717) is 10.9 Å². The van der Waals surface area contributed by atoms with Crippen LogP contribution in [0.2, 0.25) is 5.02 Å². The van der Waals surface area contributed by atoms with Crippen molar-refractivity contribution in [2.75, 3.05) is 13.1 Å². The maximum absolute atomic E-state index is 13.4. The predicted molar refractivity (Wildman–Crippen MR) is 83.7 cm³/mol. The van der Waals surface area contributed by atoms with Gasteiger partial charge in [0.15, 0.2) is 0 Å². The molecule has 1 aromatic carbocycles. The van der Waals surface area contributed by atoms with Gasteiger partial charge in [-0.05, 0) is 66.8 Å². The summed E-state index contributed by atoms with van der Waals surface area (Å²) in [5.74, 6) is 1.19. The normalized spacial score (nSPS) is 18.3. The lowest BCUT2D eigenvalue weighted by molar-refractivity contribution is 0.252. The van der Waals surface area contributed by atoms with Crippen LogP contribution in [0.15, 0.2) is 18.2 Å². The molecule has 0 spiro atoms. The van der Waals surface area contributed by atoms with Gasteiger partial charge in [0.1, 0.15) is 5.82 Å². The van der Waals surface area contributed by atoms with Gasteiger partial charge in [-0.3, -0.25) is 0 Å². The Kier molecular flexibility index (Phi) is 5.09. The molecule has 1 aromatic rings. The second-order valence-corrected chi connectivity index (χ2v) is 7.27. The van der Waals surface area contributed by atoms with Crippen LogP contribution in [-0.4, -0.2) is 13.1 Å². The Morgan fingerprint density at radius 1 is 1.40 bits per heavy atom. The zero-order valence-electron chi connectivity index (χ0n) is 12.7. The average molecular weight is 298 g/mol. The highest BCUT2D eigenvalue weighted by atomic mass is 35.5. The van der Waals surface area contributed by atoms with E-state index in [9.17, 15) is 4.39 Å². The molecule has 1 aliphatic carbocycles. The second-order valence-electron chi connectivity index (χ2n) is 6.87. The second kappa shape index (κ2) is 6.44. The van der Waals surface area contributed by atoms with Gasteiger partial charge in [0, 0.05) is 11.6 Å². The Bertz CT molecular complexity index is 456. The molecule has 1 unspecified atom stereocenters. The van der Waals surface area contributed by atoms with Crippen LogP contribution in [0.4, 0.5) is 4.39 Å². The van der Waals surface area contributed by atoms with Crippen LogP contribution in [0.1, 0.15) is 39.2 Å². The summed E-state index contributed by atoms with van der Waals surface area (Å²) in [7, 11) is 0. The molecule has 1 saturated carbocycles. The Labute approximate surface area is 126 Å². The van der Waals surface area contributed by atoms with Crippen molar-refractivity contribution in [3.63, 3.8) is 0 Å². The fourth-order valence-electron chi connectivity index (χ4n) is 2.89. The first-order chi connectivity index (χ1) is 9.40. The lowest BCUT2D eigenvalue weighted by Gasteiger charge is -2.31. The van der Waals surface area contributed by atoms with Gasteiger partial charge < -0.3 is 5.32 Å². The molecule has 3 heteroatoms. The van der Waals surface area contributed by atoms with E-state index in [0.717, 1.165) is 31.0 Å². The smallest absolute Gasteiger partial charge is 0.123 e. The molecule has 0 radical (unpaired) electrons. The van der Waals surface area contributed by atoms with Crippen molar-refractivity contribution in [3.05, 3.63) is 34.6 Å². The first kappa shape index (κ1) is 15.8. The third kappa shape index (κ3) is 4.20. The van der Waals surface area contributed by atoms with Crippen LogP contribution in [0.5, 0.6) is 0 Å². The van der Waals surface area contributed by atoms with Crippen molar-refractivity contribution in [1.29, 1.82) is 0 Å². The standard InChI is InChI=1S/C17H25ClFN/c1-12(2)10-20-11-17(3,14-4-5-14)9-13-8-15(19)6-7-16(13)18/h6-8,12,14,20H,4-5,9-11H2,1-3H3. The van der Waals surface area contributed by atoms with Gasteiger partial charge in [0.2, 0.25) is 0 Å². The first-order valence-corrected chi connectivity index (χ1v) is 7.93. The van der Waals surface area contributed by atoms with Crippen molar-refractivity contribution in [2.24, 2.45) is 17.3 Å². The summed E-state index contributed by atoms with van der Waals surface area (Å²) in [5.41, 5.74) is 1.11. The Balaban J connectivity index is 2.06. The lowest BCUT2D eigenvalue weighted by Crippen LogP contribution is -2.37. The molecule has 2 rings (SSSR count). The van der Waals surface area contributed by atoms with E-state index in [1.165, 1.54) is 18.9 Å². The van der Waals surface area contributed by atoms with Crippen LogP contribution in [-0.2, 0) is 6.42 Å². The van der Waals surface area contributed by atoms with Crippen LogP contribution >= 0.6 is 11.6 Å². The number of hydrogen-bond acceptors (Lipinski definition) is 1. The minimum absolute atomic E-state index is 0.173. The molecular formula is C17H25ClFN. The predicted octanol–water partition coefficient (Wildman–Crippen LogP) is 4.68. The number of benzene rings is 1. The lowest BCUT2D eigenvalue weighted by atomic mass is 9.78. The molecule has 1 N–H and O–H groups in total. The highest BCUT2D eigenvalue weighted by Gasteiger charge is 2.41. The third-order valence-electron chi connectivity index (χ3n) is 4.25. The third-order valence-corrected chi connectivity index (χ3v) is 4.62. The van der Waals surface area contributed by atoms with Gasteiger partial charge in [-0.2, -0.15) is 0 Å². The van der Waals surface area contributed by atoms with Gasteiger partial charge in [0.25, 0.3) is 0 Å². The van der Waals surface area contributed by atoms with Crippen molar-refractivity contribution < 1.29 is 4.39 Å². The van der Waals surface area contributed by atoms with Crippen molar-refractivity contribution in [1.82, 2.24) is 5.32 Å². The Hall–Kier alpha value is -0.600. The fraction of sp³-hybridized carbons (Fsp3) is 0.647. The molecular weight excluding hydrogens is 273 g/mol. The molecule has 1 aliphatic rings. The van der Waals surface area contributed by atoms with Crippen LogP contribution in [0.3, 0.4) is 0 Å². The highest BCUT2D eigenvalue weighted by Crippen LogP contribution is 2.47. The molecule has 0 bridgehead atoms. The largest absolute Gasteiger partial charge is 0.316 e. The van der Waals surface area contributed by atoms with Gasteiger partial charge >= 0.3 is 0 Å². The van der Waals surface area contributed by atoms with E-state index in [-0.39, 0.29) is 11.2 Å². The molecule has 0 saturated heterocycles. The van der Waals surface area contributed by atoms with Gasteiger partial charge in [-0.25, -0.2) is 4.39 Å². The molecule has 0 amide bonds. The SMILES string of the molecule is CC(C)CNCC(C)(Cc1cc(F)ccc1Cl)C1CC1. The van der Waals surface area contributed by atoms with Gasteiger partial charge in [-0.15, -0.1) is 0 Å². The van der Waals surface area contributed by atoms with Crippen LogP contribution in [0, 0.1) is 23.1 Å². The van der Waals surface area contributed by atoms with E-state index < -0.39 is 0 Å². The maximum atomic E-state index is 13.4. The summed E-state index contributed by atoms with van der Waals surface area (Å²) < 4.78 is 13.4. The monoisotopic (exact) mass is 297 g/mol. The number of hydrogen-bond donors (Lipinski definition) is 1. The quantitative estimate of drug-likeness (QED) is 0.770.